The molecule has 1 aliphatic rings. The number of anilines is 1. The molecule has 0 amide bonds. The molecule has 158 valence electrons. The molecule has 0 fully saturated rings. The summed E-state index contributed by atoms with van der Waals surface area (Å²) in [7, 11) is 0. The van der Waals surface area contributed by atoms with E-state index in [9.17, 15) is 13.2 Å². The van der Waals surface area contributed by atoms with Gasteiger partial charge in [0.1, 0.15) is 12.4 Å². The van der Waals surface area contributed by atoms with Crippen LogP contribution in [-0.2, 0) is 17.5 Å². The second-order valence-electron chi connectivity index (χ2n) is 7.46. The van der Waals surface area contributed by atoms with Crippen molar-refractivity contribution in [2.75, 3.05) is 5.73 Å². The van der Waals surface area contributed by atoms with Gasteiger partial charge in [0.15, 0.2) is 0 Å². The molecule has 0 bridgehead atoms. The fraction of sp³-hybridized carbons (Fsp3) is 0.154. The molecule has 4 rings (SSSR count). The van der Waals surface area contributed by atoms with Gasteiger partial charge in [-0.05, 0) is 52.9 Å². The standard InChI is InChI=1S/C26H22F3NO/c27-26(28,29)22-14-12-20(13-15-22)19-10-8-18(9-11-19)17-31-25-7-2-1-6-24(25)21-4-3-5-23(30)16-21/h1,3-6,8-16H,2,7,17,30H2. The Bertz CT molecular complexity index is 1110. The van der Waals surface area contributed by atoms with E-state index in [1.807, 2.05) is 48.5 Å². The molecular formula is C26H22F3NO. The number of alkyl halides is 3. The van der Waals surface area contributed by atoms with Crippen molar-refractivity contribution >= 4 is 11.3 Å². The normalized spacial score (nSPS) is 14.0. The largest absolute Gasteiger partial charge is 0.493 e. The van der Waals surface area contributed by atoms with Crippen LogP contribution >= 0.6 is 0 Å². The predicted molar refractivity (Wildman–Crippen MR) is 118 cm³/mol. The van der Waals surface area contributed by atoms with Crippen LogP contribution in [0.2, 0.25) is 0 Å². The first-order valence-electron chi connectivity index (χ1n) is 10.0. The minimum absolute atomic E-state index is 0.419. The third-order valence-electron chi connectivity index (χ3n) is 5.23. The van der Waals surface area contributed by atoms with Crippen LogP contribution < -0.4 is 5.73 Å². The number of benzene rings is 3. The van der Waals surface area contributed by atoms with Crippen LogP contribution in [0.25, 0.3) is 16.7 Å². The first-order chi connectivity index (χ1) is 14.9. The molecule has 0 spiro atoms. The third kappa shape index (κ3) is 5.00. The van der Waals surface area contributed by atoms with Crippen molar-refractivity contribution in [2.45, 2.75) is 25.6 Å². The SMILES string of the molecule is Nc1cccc(C2=C(OCc3ccc(-c4ccc(C(F)(F)F)cc4)cc3)CCC=C2)c1. The van der Waals surface area contributed by atoms with Crippen LogP contribution in [-0.4, -0.2) is 0 Å². The lowest BCUT2D eigenvalue weighted by molar-refractivity contribution is -0.137. The Morgan fingerprint density at radius 1 is 0.839 bits per heavy atom. The molecule has 0 unspecified atom stereocenters. The topological polar surface area (TPSA) is 35.2 Å². The number of rotatable bonds is 5. The van der Waals surface area contributed by atoms with E-state index in [1.165, 1.54) is 12.1 Å². The number of nitrogens with two attached hydrogens (primary N) is 1. The van der Waals surface area contributed by atoms with Crippen LogP contribution in [0.1, 0.15) is 29.5 Å². The first-order valence-corrected chi connectivity index (χ1v) is 10.0. The molecule has 3 aromatic carbocycles. The average Bonchev–Trinajstić information content (AvgIpc) is 2.78. The highest BCUT2D eigenvalue weighted by molar-refractivity contribution is 5.78. The summed E-state index contributed by atoms with van der Waals surface area (Å²) < 4.78 is 44.4. The van der Waals surface area contributed by atoms with E-state index >= 15 is 0 Å². The molecule has 1 aliphatic carbocycles. The third-order valence-corrected chi connectivity index (χ3v) is 5.23. The molecule has 3 aromatic rings. The molecule has 2 N–H and O–H groups in total. The quantitative estimate of drug-likeness (QED) is 0.441. The zero-order chi connectivity index (χ0) is 21.8. The highest BCUT2D eigenvalue weighted by atomic mass is 19.4. The van der Waals surface area contributed by atoms with Crippen molar-refractivity contribution in [3.63, 3.8) is 0 Å². The molecule has 2 nitrogen and oxygen atoms in total. The fourth-order valence-corrected chi connectivity index (χ4v) is 3.57. The molecule has 0 aromatic heterocycles. The Hall–Kier alpha value is -3.47. The summed E-state index contributed by atoms with van der Waals surface area (Å²) in [4.78, 5) is 0. The Morgan fingerprint density at radius 3 is 2.16 bits per heavy atom. The Kier molecular flexibility index (Phi) is 5.85. The van der Waals surface area contributed by atoms with Crippen LogP contribution in [0.5, 0.6) is 0 Å². The summed E-state index contributed by atoms with van der Waals surface area (Å²) >= 11 is 0. The van der Waals surface area contributed by atoms with Crippen molar-refractivity contribution in [1.29, 1.82) is 0 Å². The number of ether oxygens (including phenoxy) is 1. The van der Waals surface area contributed by atoms with E-state index in [1.54, 1.807) is 0 Å². The maximum absolute atomic E-state index is 12.7. The van der Waals surface area contributed by atoms with Gasteiger partial charge in [-0.2, -0.15) is 13.2 Å². The number of halogens is 3. The van der Waals surface area contributed by atoms with Crippen LogP contribution in [0.4, 0.5) is 18.9 Å². The zero-order valence-electron chi connectivity index (χ0n) is 16.8. The van der Waals surface area contributed by atoms with Gasteiger partial charge < -0.3 is 10.5 Å². The van der Waals surface area contributed by atoms with Gasteiger partial charge in [-0.25, -0.2) is 0 Å². The van der Waals surface area contributed by atoms with Crippen molar-refractivity contribution in [3.8, 4) is 11.1 Å². The van der Waals surface area contributed by atoms with Gasteiger partial charge in [0.2, 0.25) is 0 Å². The summed E-state index contributed by atoms with van der Waals surface area (Å²) in [5, 5.41) is 0. The lowest BCUT2D eigenvalue weighted by Crippen LogP contribution is -2.04. The van der Waals surface area contributed by atoms with Crippen molar-refractivity contribution in [3.05, 3.63) is 107 Å². The van der Waals surface area contributed by atoms with Gasteiger partial charge in [-0.3, -0.25) is 0 Å². The molecule has 0 atom stereocenters. The van der Waals surface area contributed by atoms with Crippen LogP contribution in [0.3, 0.4) is 0 Å². The monoisotopic (exact) mass is 421 g/mol. The summed E-state index contributed by atoms with van der Waals surface area (Å²) in [6, 6.07) is 20.6. The summed E-state index contributed by atoms with van der Waals surface area (Å²) in [5.41, 5.74) is 10.7. The average molecular weight is 421 g/mol. The highest BCUT2D eigenvalue weighted by Crippen LogP contribution is 2.32. The molecule has 0 saturated carbocycles. The van der Waals surface area contributed by atoms with E-state index in [-0.39, 0.29) is 0 Å². The Morgan fingerprint density at radius 2 is 1.52 bits per heavy atom. The molecule has 5 heteroatoms. The van der Waals surface area contributed by atoms with Crippen LogP contribution in [0, 0.1) is 0 Å². The molecule has 0 heterocycles. The van der Waals surface area contributed by atoms with Crippen molar-refractivity contribution in [2.24, 2.45) is 0 Å². The number of hydrogen-bond acceptors (Lipinski definition) is 2. The maximum atomic E-state index is 12.7. The minimum Gasteiger partial charge on any atom is -0.493 e. The van der Waals surface area contributed by atoms with Crippen molar-refractivity contribution in [1.82, 2.24) is 0 Å². The molecule has 0 aliphatic heterocycles. The second-order valence-corrected chi connectivity index (χ2v) is 7.46. The lowest BCUT2D eigenvalue weighted by Gasteiger charge is -2.18. The fourth-order valence-electron chi connectivity index (χ4n) is 3.57. The zero-order valence-corrected chi connectivity index (χ0v) is 16.8. The van der Waals surface area contributed by atoms with Crippen molar-refractivity contribution < 1.29 is 17.9 Å². The number of nitrogen functional groups attached to an aromatic ring is 1. The minimum atomic E-state index is -4.33. The predicted octanol–water partition coefficient (Wildman–Crippen LogP) is 7.23. The van der Waals surface area contributed by atoms with Gasteiger partial charge in [0, 0.05) is 17.7 Å². The van der Waals surface area contributed by atoms with E-state index in [2.05, 4.69) is 12.2 Å². The molecule has 0 radical (unpaired) electrons. The van der Waals surface area contributed by atoms with E-state index < -0.39 is 11.7 Å². The molecular weight excluding hydrogens is 399 g/mol. The second kappa shape index (κ2) is 8.72. The molecule has 31 heavy (non-hydrogen) atoms. The van der Waals surface area contributed by atoms with Gasteiger partial charge in [0.25, 0.3) is 0 Å². The van der Waals surface area contributed by atoms with E-state index in [0.717, 1.165) is 58.6 Å². The lowest BCUT2D eigenvalue weighted by atomic mass is 9.97. The van der Waals surface area contributed by atoms with E-state index in [4.69, 9.17) is 10.5 Å². The Labute approximate surface area is 179 Å². The summed E-state index contributed by atoms with van der Waals surface area (Å²) in [5.74, 6) is 0.930. The maximum Gasteiger partial charge on any atom is 0.416 e. The van der Waals surface area contributed by atoms with E-state index in [0.29, 0.717) is 12.3 Å². The summed E-state index contributed by atoms with van der Waals surface area (Å²) in [6.07, 6.45) is 1.62. The highest BCUT2D eigenvalue weighted by Gasteiger charge is 2.29. The van der Waals surface area contributed by atoms with Crippen LogP contribution in [0.15, 0.2) is 90.7 Å². The van der Waals surface area contributed by atoms with Gasteiger partial charge >= 0.3 is 6.18 Å². The number of hydrogen-bond donors (Lipinski definition) is 1. The van der Waals surface area contributed by atoms with Gasteiger partial charge in [0.05, 0.1) is 5.56 Å². The number of allylic oxidation sites excluding steroid dienone is 4. The Balaban J connectivity index is 1.47. The first kappa shape index (κ1) is 20.8. The van der Waals surface area contributed by atoms with Gasteiger partial charge in [-0.15, -0.1) is 0 Å². The summed E-state index contributed by atoms with van der Waals surface area (Å²) in [6.45, 7) is 0.419. The van der Waals surface area contributed by atoms with Gasteiger partial charge in [-0.1, -0.05) is 60.7 Å². The molecule has 0 saturated heterocycles. The smallest absolute Gasteiger partial charge is 0.416 e.